The van der Waals surface area contributed by atoms with Crippen LogP contribution in [-0.2, 0) is 30.4 Å². The van der Waals surface area contributed by atoms with Crippen LogP contribution < -0.4 is 9.47 Å². The van der Waals surface area contributed by atoms with E-state index in [0.717, 1.165) is 34.4 Å². The molecule has 0 spiro atoms. The summed E-state index contributed by atoms with van der Waals surface area (Å²) in [7, 11) is 1.44. The Bertz CT molecular complexity index is 1790. The third kappa shape index (κ3) is 7.79. The van der Waals surface area contributed by atoms with Gasteiger partial charge in [0.1, 0.15) is 28.6 Å². The summed E-state index contributed by atoms with van der Waals surface area (Å²) in [5.41, 5.74) is 2.72. The van der Waals surface area contributed by atoms with Gasteiger partial charge in [0, 0.05) is 43.5 Å². The van der Waals surface area contributed by atoms with Crippen molar-refractivity contribution in [3.05, 3.63) is 125 Å². The van der Waals surface area contributed by atoms with Gasteiger partial charge in [-0.2, -0.15) is 13.2 Å². The zero-order chi connectivity index (χ0) is 33.8. The number of ether oxygens (including phenoxy) is 3. The molecule has 0 unspecified atom stereocenters. The summed E-state index contributed by atoms with van der Waals surface area (Å²) in [6.07, 6.45) is -4.19. The average Bonchev–Trinajstić information content (AvgIpc) is 2.97. The molecule has 4 rings (SSSR count). The molecule has 4 aromatic rings. The first-order valence-electron chi connectivity index (χ1n) is 14.0. The zero-order valence-electron chi connectivity index (χ0n) is 25.4. The third-order valence-electron chi connectivity index (χ3n) is 7.18. The Balaban J connectivity index is 1.68. The largest absolute Gasteiger partial charge is 0.457 e. The Morgan fingerprint density at radius 3 is 1.78 bits per heavy atom. The summed E-state index contributed by atoms with van der Waals surface area (Å²) in [6.45, 7) is 5.11. The number of alkyl halides is 3. The molecule has 4 aromatic carbocycles. The Kier molecular flexibility index (Phi) is 10.3. The van der Waals surface area contributed by atoms with Gasteiger partial charge in [-0.05, 0) is 85.2 Å². The summed E-state index contributed by atoms with van der Waals surface area (Å²) >= 11 is 0. The highest BCUT2D eigenvalue weighted by Crippen LogP contribution is 2.42. The smallest absolute Gasteiger partial charge is 0.420 e. The molecular formula is C33H31F3N2O8. The summed E-state index contributed by atoms with van der Waals surface area (Å²) in [4.78, 5) is 20.8. The number of nitrogens with zero attached hydrogens (tertiary/aromatic N) is 2. The second kappa shape index (κ2) is 14.0. The normalized spacial score (nSPS) is 11.4. The van der Waals surface area contributed by atoms with E-state index in [1.165, 1.54) is 25.3 Å². The van der Waals surface area contributed by atoms with Gasteiger partial charge in [0.2, 0.25) is 0 Å². The zero-order valence-corrected chi connectivity index (χ0v) is 25.4. The number of aryl methyl sites for hydroxylation is 3. The highest BCUT2D eigenvalue weighted by Gasteiger charge is 2.36. The Hall–Kier alpha value is -5.01. The molecule has 0 fully saturated rings. The maximum absolute atomic E-state index is 13.8. The molecule has 0 aliphatic carbocycles. The van der Waals surface area contributed by atoms with Crippen LogP contribution in [0.15, 0.2) is 60.7 Å². The number of benzene rings is 4. The van der Waals surface area contributed by atoms with E-state index in [4.69, 9.17) is 14.2 Å². The minimum atomic E-state index is -4.90. The minimum absolute atomic E-state index is 0.0223. The molecule has 0 aliphatic rings. The maximum Gasteiger partial charge on any atom is 0.420 e. The van der Waals surface area contributed by atoms with Gasteiger partial charge in [-0.3, -0.25) is 20.2 Å². The lowest BCUT2D eigenvalue weighted by atomic mass is 9.95. The number of aliphatic hydroxyl groups is 1. The van der Waals surface area contributed by atoms with E-state index in [1.807, 2.05) is 19.1 Å². The van der Waals surface area contributed by atoms with Crippen molar-refractivity contribution in [1.82, 2.24) is 0 Å². The highest BCUT2D eigenvalue weighted by atomic mass is 19.4. The predicted octanol–water partition coefficient (Wildman–Crippen LogP) is 8.30. The molecule has 46 heavy (non-hydrogen) atoms. The Morgan fingerprint density at radius 2 is 1.26 bits per heavy atom. The van der Waals surface area contributed by atoms with E-state index in [-0.39, 0.29) is 31.1 Å². The number of hydrogen-bond acceptors (Lipinski definition) is 8. The van der Waals surface area contributed by atoms with Crippen molar-refractivity contribution in [3.63, 3.8) is 0 Å². The lowest BCUT2D eigenvalue weighted by Crippen LogP contribution is -2.09. The molecule has 0 heterocycles. The van der Waals surface area contributed by atoms with Crippen LogP contribution in [0.25, 0.3) is 0 Å². The number of methoxy groups -OCH3 is 1. The monoisotopic (exact) mass is 640 g/mol. The first-order chi connectivity index (χ1) is 21.7. The second-order valence-corrected chi connectivity index (χ2v) is 10.7. The van der Waals surface area contributed by atoms with Gasteiger partial charge in [0.25, 0.3) is 11.4 Å². The molecule has 13 heteroatoms. The fourth-order valence-electron chi connectivity index (χ4n) is 5.18. The van der Waals surface area contributed by atoms with Crippen LogP contribution in [-0.4, -0.2) is 28.7 Å². The van der Waals surface area contributed by atoms with Crippen LogP contribution >= 0.6 is 0 Å². The van der Waals surface area contributed by atoms with E-state index < -0.39 is 33.0 Å². The molecule has 0 bridgehead atoms. The lowest BCUT2D eigenvalue weighted by molar-refractivity contribution is -0.385. The quantitative estimate of drug-likeness (QED) is 0.121. The lowest BCUT2D eigenvalue weighted by Gasteiger charge is -2.19. The molecule has 0 atom stereocenters. The average molecular weight is 641 g/mol. The van der Waals surface area contributed by atoms with Gasteiger partial charge in [-0.1, -0.05) is 18.2 Å². The molecule has 0 saturated heterocycles. The van der Waals surface area contributed by atoms with E-state index in [2.05, 4.69) is 0 Å². The summed E-state index contributed by atoms with van der Waals surface area (Å²) in [5, 5.41) is 32.0. The van der Waals surface area contributed by atoms with Crippen LogP contribution in [0.5, 0.6) is 23.0 Å². The number of nitro groups is 2. The van der Waals surface area contributed by atoms with E-state index in [0.29, 0.717) is 40.7 Å². The fourth-order valence-corrected chi connectivity index (χ4v) is 5.18. The SMILES string of the molecule is COCc1cc(Cc2cc(C)c(Oc3ccc([N+](=O)[O-])cc3C)c(CCO)c2)cc(C)c1Oc1ccc([N+](=O)[O-])cc1C(F)(F)F. The second-order valence-electron chi connectivity index (χ2n) is 10.7. The van der Waals surface area contributed by atoms with Gasteiger partial charge in [0.15, 0.2) is 0 Å². The number of aliphatic hydroxyl groups excluding tert-OH is 1. The van der Waals surface area contributed by atoms with Gasteiger partial charge >= 0.3 is 6.18 Å². The van der Waals surface area contributed by atoms with Crippen molar-refractivity contribution in [3.8, 4) is 23.0 Å². The van der Waals surface area contributed by atoms with Crippen molar-refractivity contribution in [1.29, 1.82) is 0 Å². The molecule has 242 valence electrons. The van der Waals surface area contributed by atoms with Gasteiger partial charge in [0.05, 0.1) is 16.5 Å². The van der Waals surface area contributed by atoms with Crippen LogP contribution in [0.2, 0.25) is 0 Å². The van der Waals surface area contributed by atoms with Crippen molar-refractivity contribution < 1.29 is 42.3 Å². The molecule has 1 N–H and O–H groups in total. The number of non-ortho nitro benzene ring substituents is 2. The van der Waals surface area contributed by atoms with Crippen molar-refractivity contribution in [2.75, 3.05) is 13.7 Å². The van der Waals surface area contributed by atoms with E-state index in [1.54, 1.807) is 26.0 Å². The molecule has 0 aliphatic heterocycles. The van der Waals surface area contributed by atoms with Gasteiger partial charge in [-0.15, -0.1) is 0 Å². The van der Waals surface area contributed by atoms with Gasteiger partial charge in [-0.25, -0.2) is 0 Å². The molecule has 0 aromatic heterocycles. The summed E-state index contributed by atoms with van der Waals surface area (Å²) in [5.74, 6) is 0.537. The maximum atomic E-state index is 13.8. The molecule has 0 saturated carbocycles. The molecular weight excluding hydrogens is 609 g/mol. The van der Waals surface area contributed by atoms with Crippen LogP contribution in [0.4, 0.5) is 24.5 Å². The first-order valence-corrected chi connectivity index (χ1v) is 14.0. The number of nitro benzene ring substituents is 2. The fraction of sp³-hybridized carbons (Fsp3) is 0.273. The van der Waals surface area contributed by atoms with E-state index in [9.17, 15) is 38.5 Å². The Morgan fingerprint density at radius 1 is 0.739 bits per heavy atom. The number of rotatable bonds is 12. The van der Waals surface area contributed by atoms with Crippen molar-refractivity contribution in [2.45, 2.75) is 46.4 Å². The minimum Gasteiger partial charge on any atom is -0.457 e. The molecule has 10 nitrogen and oxygen atoms in total. The molecule has 0 radical (unpaired) electrons. The highest BCUT2D eigenvalue weighted by molar-refractivity contribution is 5.53. The number of halogens is 3. The predicted molar refractivity (Wildman–Crippen MR) is 163 cm³/mol. The topological polar surface area (TPSA) is 134 Å². The third-order valence-corrected chi connectivity index (χ3v) is 7.18. The molecule has 0 amide bonds. The number of hydrogen-bond donors (Lipinski definition) is 1. The van der Waals surface area contributed by atoms with Crippen molar-refractivity contribution >= 4 is 11.4 Å². The summed E-state index contributed by atoms with van der Waals surface area (Å²) in [6, 6.07) is 14.0. The van der Waals surface area contributed by atoms with Crippen LogP contribution in [0.3, 0.4) is 0 Å². The Labute approximate surface area is 262 Å². The van der Waals surface area contributed by atoms with Gasteiger partial charge < -0.3 is 19.3 Å². The summed E-state index contributed by atoms with van der Waals surface area (Å²) < 4.78 is 58.7. The first kappa shape index (κ1) is 33.9. The van der Waals surface area contributed by atoms with Crippen LogP contribution in [0.1, 0.15) is 44.5 Å². The van der Waals surface area contributed by atoms with Crippen LogP contribution in [0, 0.1) is 41.0 Å². The van der Waals surface area contributed by atoms with E-state index >= 15 is 0 Å². The van der Waals surface area contributed by atoms with Crippen molar-refractivity contribution in [2.24, 2.45) is 0 Å². The standard InChI is InChI=1S/C33H31F3N2O8/c1-19-13-26(37(40)41)5-7-29(19)45-31-20(2)11-22(15-24(31)9-10-39)14-23-12-21(3)32(25(16-23)18-44-4)46-30-8-6-27(38(42)43)17-28(30)33(34,35)36/h5-8,11-13,15-17,39H,9-10,14,18H2,1-4H3.